The Bertz CT molecular complexity index is 1050. The smallest absolute Gasteiger partial charge is 0.122 e. The Hall–Kier alpha value is -2.82. The highest BCUT2D eigenvalue weighted by Gasteiger charge is 2.24. The number of hydrogen-bond acceptors (Lipinski definition) is 4. The minimum absolute atomic E-state index is 0.206. The highest BCUT2D eigenvalue weighted by Crippen LogP contribution is 2.30. The number of likely N-dealkylation sites (N-methyl/N-ethyl adjacent to an activating group) is 1. The van der Waals surface area contributed by atoms with E-state index in [1.54, 1.807) is 0 Å². The monoisotopic (exact) mass is 474 g/mol. The SMILES string of the molecule is CCN(CC)CC(Cc1ccccc1)N(Cc1cc(C)cc(C)c1O)Cc1cc(C)cc(C)c1O. The van der Waals surface area contributed by atoms with E-state index in [1.807, 2.05) is 26.0 Å². The van der Waals surface area contributed by atoms with E-state index in [1.165, 1.54) is 5.56 Å². The Morgan fingerprint density at radius 3 is 1.66 bits per heavy atom. The number of aryl methyl sites for hydroxylation is 4. The lowest BCUT2D eigenvalue weighted by molar-refractivity contribution is 0.126. The molecular weight excluding hydrogens is 432 g/mol. The van der Waals surface area contributed by atoms with Crippen LogP contribution in [-0.2, 0) is 19.5 Å². The van der Waals surface area contributed by atoms with Gasteiger partial charge in [-0.25, -0.2) is 0 Å². The highest BCUT2D eigenvalue weighted by molar-refractivity contribution is 5.44. The van der Waals surface area contributed by atoms with Gasteiger partial charge in [-0.2, -0.15) is 0 Å². The molecule has 3 aromatic rings. The van der Waals surface area contributed by atoms with E-state index < -0.39 is 0 Å². The molecule has 0 saturated carbocycles. The molecule has 0 aliphatic carbocycles. The van der Waals surface area contributed by atoms with Crippen LogP contribution in [0.2, 0.25) is 0 Å². The molecule has 0 aliphatic heterocycles. The van der Waals surface area contributed by atoms with Gasteiger partial charge in [0.15, 0.2) is 0 Å². The van der Waals surface area contributed by atoms with Gasteiger partial charge in [0.05, 0.1) is 0 Å². The van der Waals surface area contributed by atoms with Crippen molar-refractivity contribution in [3.05, 3.63) is 93.5 Å². The molecule has 2 N–H and O–H groups in total. The molecule has 1 atom stereocenters. The van der Waals surface area contributed by atoms with E-state index in [-0.39, 0.29) is 6.04 Å². The molecule has 0 saturated heterocycles. The van der Waals surface area contributed by atoms with Gasteiger partial charge >= 0.3 is 0 Å². The van der Waals surface area contributed by atoms with E-state index in [0.29, 0.717) is 24.6 Å². The summed E-state index contributed by atoms with van der Waals surface area (Å²) >= 11 is 0. The topological polar surface area (TPSA) is 46.9 Å². The molecule has 0 bridgehead atoms. The lowest BCUT2D eigenvalue weighted by Crippen LogP contribution is -2.44. The first-order chi connectivity index (χ1) is 16.7. The van der Waals surface area contributed by atoms with Gasteiger partial charge in [0.1, 0.15) is 11.5 Å². The molecule has 188 valence electrons. The molecule has 0 aliphatic rings. The molecule has 4 heteroatoms. The maximum absolute atomic E-state index is 10.9. The number of benzene rings is 3. The van der Waals surface area contributed by atoms with Crippen LogP contribution in [0, 0.1) is 27.7 Å². The zero-order chi connectivity index (χ0) is 25.5. The minimum Gasteiger partial charge on any atom is -0.507 e. The second-order valence-electron chi connectivity index (χ2n) is 9.91. The summed E-state index contributed by atoms with van der Waals surface area (Å²) in [5.74, 6) is 0.734. The fourth-order valence-corrected chi connectivity index (χ4v) is 5.06. The summed E-state index contributed by atoms with van der Waals surface area (Å²) in [5.41, 5.74) is 7.26. The third-order valence-corrected chi connectivity index (χ3v) is 6.99. The minimum atomic E-state index is 0.206. The fourth-order valence-electron chi connectivity index (χ4n) is 5.06. The molecule has 1 unspecified atom stereocenters. The van der Waals surface area contributed by atoms with Gasteiger partial charge < -0.3 is 15.1 Å². The van der Waals surface area contributed by atoms with Crippen LogP contribution in [0.5, 0.6) is 11.5 Å². The van der Waals surface area contributed by atoms with Crippen LogP contribution in [0.15, 0.2) is 54.6 Å². The number of phenolic OH excluding ortho intramolecular Hbond substituents is 2. The van der Waals surface area contributed by atoms with Crippen LogP contribution in [0.4, 0.5) is 0 Å². The van der Waals surface area contributed by atoms with Gasteiger partial charge in [-0.05, 0) is 63.9 Å². The van der Waals surface area contributed by atoms with Crippen molar-refractivity contribution in [2.24, 2.45) is 0 Å². The first-order valence-electron chi connectivity index (χ1n) is 12.8. The van der Waals surface area contributed by atoms with Gasteiger partial charge in [-0.1, -0.05) is 79.6 Å². The van der Waals surface area contributed by atoms with Crippen molar-refractivity contribution in [3.8, 4) is 11.5 Å². The number of aromatic hydroxyl groups is 2. The molecule has 35 heavy (non-hydrogen) atoms. The maximum atomic E-state index is 10.9. The van der Waals surface area contributed by atoms with Crippen molar-refractivity contribution in [1.29, 1.82) is 0 Å². The standard InChI is InChI=1S/C31H42N2O2/c1-7-32(8-2)21-29(18-26-12-10-9-11-13-26)33(19-27-16-22(3)14-24(5)30(27)34)20-28-17-23(4)15-25(6)31(28)35/h9-17,29,34-35H,7-8,18-21H2,1-6H3. The summed E-state index contributed by atoms with van der Waals surface area (Å²) in [6.07, 6.45) is 0.897. The van der Waals surface area contributed by atoms with Crippen molar-refractivity contribution in [2.75, 3.05) is 19.6 Å². The average Bonchev–Trinajstić information content (AvgIpc) is 2.83. The Balaban J connectivity index is 2.06. The van der Waals surface area contributed by atoms with Crippen molar-refractivity contribution in [1.82, 2.24) is 9.80 Å². The van der Waals surface area contributed by atoms with Crippen LogP contribution in [-0.4, -0.2) is 45.7 Å². The van der Waals surface area contributed by atoms with E-state index in [2.05, 4.69) is 80.0 Å². The van der Waals surface area contributed by atoms with Crippen LogP contribution in [0.25, 0.3) is 0 Å². The fraction of sp³-hybridized carbons (Fsp3) is 0.419. The Kier molecular flexibility index (Phi) is 9.36. The van der Waals surface area contributed by atoms with Gasteiger partial charge in [0.25, 0.3) is 0 Å². The van der Waals surface area contributed by atoms with Gasteiger partial charge in [0.2, 0.25) is 0 Å². The van der Waals surface area contributed by atoms with Crippen LogP contribution >= 0.6 is 0 Å². The second-order valence-corrected chi connectivity index (χ2v) is 9.91. The third-order valence-electron chi connectivity index (χ3n) is 6.99. The third kappa shape index (κ3) is 7.09. The summed E-state index contributed by atoms with van der Waals surface area (Å²) in [7, 11) is 0. The van der Waals surface area contributed by atoms with Crippen molar-refractivity contribution >= 4 is 0 Å². The summed E-state index contributed by atoms with van der Waals surface area (Å²) in [4.78, 5) is 4.90. The van der Waals surface area contributed by atoms with E-state index in [4.69, 9.17) is 0 Å². The number of phenols is 2. The molecular formula is C31H42N2O2. The number of rotatable bonds is 11. The molecule has 0 amide bonds. The zero-order valence-corrected chi connectivity index (χ0v) is 22.3. The first-order valence-corrected chi connectivity index (χ1v) is 12.8. The van der Waals surface area contributed by atoms with Crippen LogP contribution < -0.4 is 0 Å². The lowest BCUT2D eigenvalue weighted by Gasteiger charge is -2.36. The van der Waals surface area contributed by atoms with Gasteiger partial charge in [0, 0.05) is 36.8 Å². The predicted octanol–water partition coefficient (Wildman–Crippen LogP) is 6.29. The van der Waals surface area contributed by atoms with Crippen molar-refractivity contribution in [3.63, 3.8) is 0 Å². The predicted molar refractivity (Wildman–Crippen MR) is 146 cm³/mol. The molecule has 4 nitrogen and oxygen atoms in total. The molecule has 3 aromatic carbocycles. The second kappa shape index (κ2) is 12.2. The van der Waals surface area contributed by atoms with Crippen molar-refractivity contribution < 1.29 is 10.2 Å². The Morgan fingerprint density at radius 1 is 0.714 bits per heavy atom. The highest BCUT2D eigenvalue weighted by atomic mass is 16.3. The number of hydrogen-bond donors (Lipinski definition) is 2. The summed E-state index contributed by atoms with van der Waals surface area (Å²) < 4.78 is 0. The average molecular weight is 475 g/mol. The van der Waals surface area contributed by atoms with Crippen LogP contribution in [0.1, 0.15) is 52.8 Å². The normalized spacial score (nSPS) is 12.5. The molecule has 0 fully saturated rings. The molecule has 0 aromatic heterocycles. The first kappa shape index (κ1) is 26.8. The zero-order valence-electron chi connectivity index (χ0n) is 22.3. The molecule has 0 radical (unpaired) electrons. The Morgan fingerprint density at radius 2 is 1.20 bits per heavy atom. The van der Waals surface area contributed by atoms with E-state index in [9.17, 15) is 10.2 Å². The lowest BCUT2D eigenvalue weighted by atomic mass is 9.99. The quantitative estimate of drug-likeness (QED) is 0.343. The van der Waals surface area contributed by atoms with Gasteiger partial charge in [-0.15, -0.1) is 0 Å². The van der Waals surface area contributed by atoms with Gasteiger partial charge in [-0.3, -0.25) is 4.90 Å². The van der Waals surface area contributed by atoms with Crippen LogP contribution in [0.3, 0.4) is 0 Å². The molecule has 0 heterocycles. The Labute approximate surface area is 211 Å². The summed E-state index contributed by atoms with van der Waals surface area (Å²) in [6, 6.07) is 19.1. The summed E-state index contributed by atoms with van der Waals surface area (Å²) in [5, 5.41) is 21.9. The van der Waals surface area contributed by atoms with E-state index in [0.717, 1.165) is 59.4 Å². The maximum Gasteiger partial charge on any atom is 0.122 e. The van der Waals surface area contributed by atoms with E-state index >= 15 is 0 Å². The van der Waals surface area contributed by atoms with Crippen molar-refractivity contribution in [2.45, 2.75) is 67.1 Å². The largest absolute Gasteiger partial charge is 0.507 e. The summed E-state index contributed by atoms with van der Waals surface area (Å²) in [6.45, 7) is 16.6. The molecule has 3 rings (SSSR count). The number of nitrogens with zero attached hydrogens (tertiary/aromatic N) is 2. The molecule has 0 spiro atoms.